The van der Waals surface area contributed by atoms with Crippen LogP contribution in [0.4, 0.5) is 23.2 Å². The molecule has 2 aromatic carbocycles. The van der Waals surface area contributed by atoms with Gasteiger partial charge in [-0.1, -0.05) is 0 Å². The highest BCUT2D eigenvalue weighted by atomic mass is 19.2. The zero-order valence-electron chi connectivity index (χ0n) is 22.4. The summed E-state index contributed by atoms with van der Waals surface area (Å²) < 4.78 is 67.6. The molecule has 2 saturated heterocycles. The van der Waals surface area contributed by atoms with Gasteiger partial charge in [-0.3, -0.25) is 4.98 Å². The fourth-order valence-electron chi connectivity index (χ4n) is 5.33. The highest BCUT2D eigenvalue weighted by molar-refractivity contribution is 5.91. The number of pyridine rings is 1. The smallest absolute Gasteiger partial charge is 0.335 e. The number of carbonyl (C=O) groups excluding carboxylic acids is 1. The highest BCUT2D eigenvalue weighted by Crippen LogP contribution is 2.40. The Labute approximate surface area is 237 Å². The van der Waals surface area contributed by atoms with Crippen LogP contribution in [0, 0.1) is 23.3 Å². The Kier molecular flexibility index (Phi) is 7.56. The lowest BCUT2D eigenvalue weighted by molar-refractivity contribution is -0.160. The average Bonchev–Trinajstić information content (AvgIpc) is 3.33. The standard InChI is InChI=1S/C29H27F4N5O4/c1-14(39)29(40)42-26-11-38(3-2-23(26)35-18-12-41-13-18)27-19(15-4-16(30)6-17(31)5-15)9-34-10-20(27)28-36-24-7-21(32)22(33)8-25(24)37-28/h4-10,14,18,23,26,35,39H,2-3,11-13H2,1H3,(H,36,37)/t14?,23-,26+/m1/s1. The summed E-state index contributed by atoms with van der Waals surface area (Å²) in [6, 6.07) is 4.90. The summed E-state index contributed by atoms with van der Waals surface area (Å²) >= 11 is 0. The Bertz CT molecular complexity index is 1580. The number of nitrogens with zero attached hydrogens (tertiary/aromatic N) is 3. The molecule has 42 heavy (non-hydrogen) atoms. The van der Waals surface area contributed by atoms with Gasteiger partial charge in [0.25, 0.3) is 0 Å². The minimum atomic E-state index is -1.34. The van der Waals surface area contributed by atoms with Crippen molar-refractivity contribution in [3.05, 3.63) is 66.0 Å². The number of carbonyl (C=O) groups is 1. The molecular weight excluding hydrogens is 558 g/mol. The molecule has 3 N–H and O–H groups in total. The molecule has 0 radical (unpaired) electrons. The van der Waals surface area contributed by atoms with E-state index in [4.69, 9.17) is 9.47 Å². The lowest BCUT2D eigenvalue weighted by atomic mass is 9.95. The molecule has 220 valence electrons. The van der Waals surface area contributed by atoms with E-state index >= 15 is 0 Å². The number of benzene rings is 2. The Morgan fingerprint density at radius 1 is 1.10 bits per heavy atom. The van der Waals surface area contributed by atoms with E-state index < -0.39 is 41.4 Å². The molecule has 13 heteroatoms. The summed E-state index contributed by atoms with van der Waals surface area (Å²) in [4.78, 5) is 26.1. The molecule has 0 bridgehead atoms. The fourth-order valence-corrected chi connectivity index (χ4v) is 5.33. The molecule has 2 aromatic heterocycles. The van der Waals surface area contributed by atoms with E-state index in [-0.39, 0.29) is 41.0 Å². The zero-order chi connectivity index (χ0) is 29.5. The number of imidazole rings is 1. The van der Waals surface area contributed by atoms with E-state index in [0.717, 1.165) is 18.2 Å². The number of aliphatic hydroxyl groups excluding tert-OH is 1. The van der Waals surface area contributed by atoms with Crippen molar-refractivity contribution in [2.45, 2.75) is 37.6 Å². The topological polar surface area (TPSA) is 113 Å². The first kappa shape index (κ1) is 28.1. The second kappa shape index (κ2) is 11.3. The Balaban J connectivity index is 1.46. The van der Waals surface area contributed by atoms with Crippen LogP contribution in [-0.4, -0.2) is 76.6 Å². The molecule has 4 heterocycles. The molecule has 2 fully saturated rings. The molecule has 0 aliphatic carbocycles. The van der Waals surface area contributed by atoms with Gasteiger partial charge < -0.3 is 29.8 Å². The Morgan fingerprint density at radius 2 is 1.81 bits per heavy atom. The van der Waals surface area contributed by atoms with Crippen molar-refractivity contribution in [1.82, 2.24) is 20.3 Å². The second-order valence-corrected chi connectivity index (χ2v) is 10.5. The number of ether oxygens (including phenoxy) is 2. The summed E-state index contributed by atoms with van der Waals surface area (Å²) in [7, 11) is 0. The second-order valence-electron chi connectivity index (χ2n) is 10.5. The molecule has 2 aliphatic rings. The number of hydrogen-bond acceptors (Lipinski definition) is 8. The van der Waals surface area contributed by atoms with Gasteiger partial charge >= 0.3 is 5.97 Å². The number of H-pyrrole nitrogens is 1. The summed E-state index contributed by atoms with van der Waals surface area (Å²) in [5, 5.41) is 13.3. The normalized spacial score (nSPS) is 20.0. The molecule has 3 atom stereocenters. The number of aromatic amines is 1. The van der Waals surface area contributed by atoms with E-state index in [9.17, 15) is 27.5 Å². The van der Waals surface area contributed by atoms with Gasteiger partial charge in [-0.25, -0.2) is 27.3 Å². The number of nitrogens with one attached hydrogen (secondary N) is 2. The maximum atomic E-state index is 14.4. The third-order valence-electron chi connectivity index (χ3n) is 7.44. The van der Waals surface area contributed by atoms with Crippen LogP contribution in [0.25, 0.3) is 33.5 Å². The van der Waals surface area contributed by atoms with Gasteiger partial charge in [0.15, 0.2) is 11.6 Å². The van der Waals surface area contributed by atoms with Crippen molar-refractivity contribution in [2.75, 3.05) is 31.2 Å². The summed E-state index contributed by atoms with van der Waals surface area (Å²) in [5.74, 6) is -4.25. The molecule has 1 unspecified atom stereocenters. The predicted molar refractivity (Wildman–Crippen MR) is 145 cm³/mol. The maximum absolute atomic E-state index is 14.4. The van der Waals surface area contributed by atoms with E-state index in [1.165, 1.54) is 31.5 Å². The van der Waals surface area contributed by atoms with Gasteiger partial charge in [0, 0.05) is 48.7 Å². The van der Waals surface area contributed by atoms with Gasteiger partial charge in [-0.2, -0.15) is 0 Å². The maximum Gasteiger partial charge on any atom is 0.335 e. The Hall–Kier alpha value is -4.07. The number of halogens is 4. The summed E-state index contributed by atoms with van der Waals surface area (Å²) in [6.07, 6.45) is 1.40. The first-order chi connectivity index (χ1) is 20.2. The molecule has 4 aromatic rings. The number of fused-ring (bicyclic) bond motifs is 1. The lowest BCUT2D eigenvalue weighted by Gasteiger charge is -2.43. The van der Waals surface area contributed by atoms with Crippen molar-refractivity contribution in [3.63, 3.8) is 0 Å². The minimum absolute atomic E-state index is 0.0907. The van der Waals surface area contributed by atoms with Crippen LogP contribution in [0.3, 0.4) is 0 Å². The van der Waals surface area contributed by atoms with E-state index in [0.29, 0.717) is 43.0 Å². The molecule has 6 rings (SSSR count). The van der Waals surface area contributed by atoms with Crippen LogP contribution in [0.1, 0.15) is 13.3 Å². The zero-order valence-corrected chi connectivity index (χ0v) is 22.4. The van der Waals surface area contributed by atoms with Crippen molar-refractivity contribution < 1.29 is 36.9 Å². The van der Waals surface area contributed by atoms with Gasteiger partial charge in [0.1, 0.15) is 29.7 Å². The first-order valence-electron chi connectivity index (χ1n) is 13.4. The van der Waals surface area contributed by atoms with E-state index in [2.05, 4.69) is 20.3 Å². The van der Waals surface area contributed by atoms with Crippen LogP contribution in [0.5, 0.6) is 0 Å². The van der Waals surface area contributed by atoms with Crippen molar-refractivity contribution in [1.29, 1.82) is 0 Å². The average molecular weight is 586 g/mol. The van der Waals surface area contributed by atoms with Gasteiger partial charge in [0.05, 0.1) is 48.1 Å². The number of aromatic nitrogens is 3. The number of esters is 1. The van der Waals surface area contributed by atoms with Crippen LogP contribution in [0.2, 0.25) is 0 Å². The van der Waals surface area contributed by atoms with E-state index in [1.54, 1.807) is 0 Å². The van der Waals surface area contributed by atoms with Crippen molar-refractivity contribution >= 4 is 22.7 Å². The molecular formula is C29H27F4N5O4. The summed E-state index contributed by atoms with van der Waals surface area (Å²) in [6.45, 7) is 2.94. The number of piperidine rings is 1. The molecule has 9 nitrogen and oxygen atoms in total. The third kappa shape index (κ3) is 5.54. The van der Waals surface area contributed by atoms with Crippen LogP contribution in [0.15, 0.2) is 42.7 Å². The SMILES string of the molecule is CC(O)C(=O)O[C@H]1CN(c2c(-c3cc(F)cc(F)c3)cncc2-c2nc3cc(F)c(F)cc3[nH]2)CC[C@H]1NC1COC1. The van der Waals surface area contributed by atoms with Crippen LogP contribution >= 0.6 is 0 Å². The number of anilines is 1. The quantitative estimate of drug-likeness (QED) is 0.222. The van der Waals surface area contributed by atoms with Crippen LogP contribution in [-0.2, 0) is 14.3 Å². The van der Waals surface area contributed by atoms with Gasteiger partial charge in [0.2, 0.25) is 0 Å². The molecule has 0 spiro atoms. The third-order valence-corrected chi connectivity index (χ3v) is 7.44. The van der Waals surface area contributed by atoms with Gasteiger partial charge in [-0.05, 0) is 31.0 Å². The first-order valence-corrected chi connectivity index (χ1v) is 13.4. The molecule has 2 aliphatic heterocycles. The fraction of sp³-hybridized carbons (Fsp3) is 0.345. The molecule has 0 amide bonds. The Morgan fingerprint density at radius 3 is 2.50 bits per heavy atom. The number of aliphatic hydroxyl groups is 1. The van der Waals surface area contributed by atoms with E-state index in [1.807, 2.05) is 4.90 Å². The minimum Gasteiger partial charge on any atom is -0.457 e. The summed E-state index contributed by atoms with van der Waals surface area (Å²) in [5.41, 5.74) is 1.85. The van der Waals surface area contributed by atoms with Crippen molar-refractivity contribution in [2.24, 2.45) is 0 Å². The number of hydrogen-bond donors (Lipinski definition) is 3. The molecule has 0 saturated carbocycles. The van der Waals surface area contributed by atoms with Gasteiger partial charge in [-0.15, -0.1) is 0 Å². The number of rotatable bonds is 7. The van der Waals surface area contributed by atoms with Crippen molar-refractivity contribution in [3.8, 4) is 22.5 Å². The monoisotopic (exact) mass is 585 g/mol. The van der Waals surface area contributed by atoms with Crippen LogP contribution < -0.4 is 10.2 Å². The predicted octanol–water partition coefficient (Wildman–Crippen LogP) is 3.71. The highest BCUT2D eigenvalue weighted by Gasteiger charge is 2.37. The largest absolute Gasteiger partial charge is 0.457 e. The lowest BCUT2D eigenvalue weighted by Crippen LogP contribution is -2.60.